The van der Waals surface area contributed by atoms with Crippen LogP contribution in [0.3, 0.4) is 0 Å². The van der Waals surface area contributed by atoms with Crippen LogP contribution in [-0.4, -0.2) is 32.4 Å². The molecule has 0 spiro atoms. The second-order valence-electron chi connectivity index (χ2n) is 4.97. The summed E-state index contributed by atoms with van der Waals surface area (Å²) in [6, 6.07) is 5.34. The number of benzene rings is 1. The molecule has 0 aliphatic rings. The predicted molar refractivity (Wildman–Crippen MR) is 91.3 cm³/mol. The van der Waals surface area contributed by atoms with Crippen molar-refractivity contribution in [3.8, 4) is 17.1 Å². The Labute approximate surface area is 148 Å². The maximum atomic E-state index is 6.06. The number of nitrogens with zero attached hydrogens (tertiary/aromatic N) is 4. The Morgan fingerprint density at radius 1 is 1.38 bits per heavy atom. The van der Waals surface area contributed by atoms with Gasteiger partial charge in [0.2, 0.25) is 11.0 Å². The first-order valence-corrected chi connectivity index (χ1v) is 8.62. The van der Waals surface area contributed by atoms with Crippen molar-refractivity contribution in [2.45, 2.75) is 30.7 Å². The minimum atomic E-state index is -0.0530. The Balaban J connectivity index is 1.79. The molecule has 0 aliphatic carbocycles. The molecular formula is C15H16ClN5O2S. The van der Waals surface area contributed by atoms with Crippen LogP contribution in [0, 0.1) is 0 Å². The van der Waals surface area contributed by atoms with Crippen molar-refractivity contribution >= 4 is 23.4 Å². The molecule has 9 heteroatoms. The quantitative estimate of drug-likeness (QED) is 0.662. The van der Waals surface area contributed by atoms with E-state index in [9.17, 15) is 0 Å². The molecule has 126 valence electrons. The zero-order valence-corrected chi connectivity index (χ0v) is 15.0. The first kappa shape index (κ1) is 16.8. The molecule has 1 unspecified atom stereocenters. The van der Waals surface area contributed by atoms with Gasteiger partial charge in [0.05, 0.1) is 17.9 Å². The monoisotopic (exact) mass is 365 g/mol. The zero-order chi connectivity index (χ0) is 17.1. The largest absolute Gasteiger partial charge is 0.496 e. The highest BCUT2D eigenvalue weighted by atomic mass is 35.5. The summed E-state index contributed by atoms with van der Waals surface area (Å²) < 4.78 is 10.6. The Kier molecular flexibility index (Phi) is 5.06. The summed E-state index contributed by atoms with van der Waals surface area (Å²) in [7, 11) is 1.60. The van der Waals surface area contributed by atoms with Gasteiger partial charge < -0.3 is 9.26 Å². The molecule has 0 aliphatic heterocycles. The zero-order valence-electron chi connectivity index (χ0n) is 13.4. The SMILES string of the molecule is CCc1noc(C(C)Sc2n[nH]c(-c3cc(Cl)ccc3OC)n2)n1. The van der Waals surface area contributed by atoms with Gasteiger partial charge in [-0.3, -0.25) is 5.10 Å². The number of hydrogen-bond acceptors (Lipinski definition) is 7. The van der Waals surface area contributed by atoms with E-state index in [0.29, 0.717) is 33.5 Å². The van der Waals surface area contributed by atoms with E-state index in [1.54, 1.807) is 25.3 Å². The molecule has 1 atom stereocenters. The van der Waals surface area contributed by atoms with Crippen molar-refractivity contribution in [3.05, 3.63) is 34.9 Å². The molecule has 2 aromatic heterocycles. The second-order valence-corrected chi connectivity index (χ2v) is 6.72. The topological polar surface area (TPSA) is 89.7 Å². The van der Waals surface area contributed by atoms with Gasteiger partial charge in [-0.1, -0.05) is 35.4 Å². The molecular weight excluding hydrogens is 350 g/mol. The molecule has 7 nitrogen and oxygen atoms in total. The number of aromatic amines is 1. The van der Waals surface area contributed by atoms with Gasteiger partial charge in [0, 0.05) is 11.4 Å². The van der Waals surface area contributed by atoms with E-state index in [1.165, 1.54) is 11.8 Å². The van der Waals surface area contributed by atoms with Crippen LogP contribution in [0.5, 0.6) is 5.75 Å². The fourth-order valence-corrected chi connectivity index (χ4v) is 3.00. The maximum Gasteiger partial charge on any atom is 0.239 e. The highest BCUT2D eigenvalue weighted by Crippen LogP contribution is 2.35. The lowest BCUT2D eigenvalue weighted by atomic mass is 10.2. The normalized spacial score (nSPS) is 12.3. The number of methoxy groups -OCH3 is 1. The molecule has 0 amide bonds. The first-order chi connectivity index (χ1) is 11.6. The molecule has 0 bridgehead atoms. The fraction of sp³-hybridized carbons (Fsp3) is 0.333. The summed E-state index contributed by atoms with van der Waals surface area (Å²) in [5.41, 5.74) is 0.753. The van der Waals surface area contributed by atoms with Crippen molar-refractivity contribution in [2.75, 3.05) is 7.11 Å². The lowest BCUT2D eigenvalue weighted by molar-refractivity contribution is 0.375. The third kappa shape index (κ3) is 3.54. The highest BCUT2D eigenvalue weighted by molar-refractivity contribution is 7.99. The number of aryl methyl sites for hydroxylation is 1. The Morgan fingerprint density at radius 2 is 2.21 bits per heavy atom. The van der Waals surface area contributed by atoms with Crippen molar-refractivity contribution in [2.24, 2.45) is 0 Å². The number of halogens is 1. The molecule has 3 rings (SSSR count). The van der Waals surface area contributed by atoms with E-state index in [1.807, 2.05) is 13.8 Å². The average Bonchev–Trinajstić information content (AvgIpc) is 3.24. The summed E-state index contributed by atoms with van der Waals surface area (Å²) in [5.74, 6) is 2.51. The standard InChI is InChI=1S/C15H16ClN5O2S/c1-4-12-17-14(23-21-12)8(2)24-15-18-13(19-20-15)10-7-9(16)5-6-11(10)22-3/h5-8H,4H2,1-3H3,(H,18,19,20). The minimum absolute atomic E-state index is 0.0530. The van der Waals surface area contributed by atoms with Gasteiger partial charge in [-0.25, -0.2) is 4.98 Å². The van der Waals surface area contributed by atoms with Crippen LogP contribution >= 0.6 is 23.4 Å². The Bertz CT molecular complexity index is 835. The van der Waals surface area contributed by atoms with Gasteiger partial charge >= 0.3 is 0 Å². The van der Waals surface area contributed by atoms with Crippen LogP contribution in [0.4, 0.5) is 0 Å². The van der Waals surface area contributed by atoms with Crippen molar-refractivity contribution in [1.82, 2.24) is 25.3 Å². The van der Waals surface area contributed by atoms with Gasteiger partial charge in [-0.2, -0.15) is 4.98 Å². The summed E-state index contributed by atoms with van der Waals surface area (Å²) in [6.45, 7) is 3.94. The van der Waals surface area contributed by atoms with E-state index in [4.69, 9.17) is 20.9 Å². The molecule has 1 N–H and O–H groups in total. The molecule has 0 saturated heterocycles. The fourth-order valence-electron chi connectivity index (χ4n) is 2.07. The third-order valence-corrected chi connectivity index (χ3v) is 4.50. The number of hydrogen-bond donors (Lipinski definition) is 1. The van der Waals surface area contributed by atoms with E-state index in [0.717, 1.165) is 12.0 Å². The first-order valence-electron chi connectivity index (χ1n) is 7.36. The second kappa shape index (κ2) is 7.23. The summed E-state index contributed by atoms with van der Waals surface area (Å²) in [4.78, 5) is 8.82. The Morgan fingerprint density at radius 3 is 2.92 bits per heavy atom. The molecule has 0 fully saturated rings. The van der Waals surface area contributed by atoms with Gasteiger partial charge in [0.15, 0.2) is 11.6 Å². The molecule has 1 aromatic carbocycles. The highest BCUT2D eigenvalue weighted by Gasteiger charge is 2.19. The Hall–Kier alpha value is -2.06. The summed E-state index contributed by atoms with van der Waals surface area (Å²) >= 11 is 7.49. The summed E-state index contributed by atoms with van der Waals surface area (Å²) in [5, 5.41) is 12.2. The smallest absolute Gasteiger partial charge is 0.239 e. The number of rotatable bonds is 6. The van der Waals surface area contributed by atoms with E-state index >= 15 is 0 Å². The van der Waals surface area contributed by atoms with Crippen molar-refractivity contribution in [3.63, 3.8) is 0 Å². The molecule has 3 aromatic rings. The van der Waals surface area contributed by atoms with Crippen molar-refractivity contribution < 1.29 is 9.26 Å². The number of thioether (sulfide) groups is 1. The van der Waals surface area contributed by atoms with Crippen molar-refractivity contribution in [1.29, 1.82) is 0 Å². The third-order valence-electron chi connectivity index (χ3n) is 3.31. The van der Waals surface area contributed by atoms with Crippen LogP contribution < -0.4 is 4.74 Å². The lowest BCUT2D eigenvalue weighted by Crippen LogP contribution is -1.91. The van der Waals surface area contributed by atoms with E-state index in [-0.39, 0.29) is 5.25 Å². The van der Waals surface area contributed by atoms with Crippen LogP contribution in [0.15, 0.2) is 27.9 Å². The maximum absolute atomic E-state index is 6.06. The van der Waals surface area contributed by atoms with Crippen LogP contribution in [0.2, 0.25) is 5.02 Å². The van der Waals surface area contributed by atoms with Crippen LogP contribution in [-0.2, 0) is 6.42 Å². The molecule has 0 radical (unpaired) electrons. The molecule has 2 heterocycles. The number of ether oxygens (including phenoxy) is 1. The number of nitrogens with one attached hydrogen (secondary N) is 1. The summed E-state index contributed by atoms with van der Waals surface area (Å²) in [6.07, 6.45) is 0.736. The van der Waals surface area contributed by atoms with Crippen LogP contribution in [0.1, 0.15) is 30.8 Å². The molecule has 24 heavy (non-hydrogen) atoms. The van der Waals surface area contributed by atoms with Gasteiger partial charge in [0.25, 0.3) is 0 Å². The molecule has 0 saturated carbocycles. The van der Waals surface area contributed by atoms with Gasteiger partial charge in [-0.05, 0) is 25.1 Å². The number of H-pyrrole nitrogens is 1. The van der Waals surface area contributed by atoms with Gasteiger partial charge in [-0.15, -0.1) is 5.10 Å². The predicted octanol–water partition coefficient (Wildman–Crippen LogP) is 3.93. The number of aromatic nitrogens is 5. The van der Waals surface area contributed by atoms with Gasteiger partial charge in [0.1, 0.15) is 5.75 Å². The van der Waals surface area contributed by atoms with E-state index < -0.39 is 0 Å². The average molecular weight is 366 g/mol. The van der Waals surface area contributed by atoms with E-state index in [2.05, 4.69) is 25.3 Å². The minimum Gasteiger partial charge on any atom is -0.496 e. The lowest BCUT2D eigenvalue weighted by Gasteiger charge is -2.05. The van der Waals surface area contributed by atoms with Crippen LogP contribution in [0.25, 0.3) is 11.4 Å².